The van der Waals surface area contributed by atoms with E-state index < -0.39 is 0 Å². The molecule has 3 fully saturated rings. The van der Waals surface area contributed by atoms with Crippen LogP contribution in [0.2, 0.25) is 0 Å². The van der Waals surface area contributed by atoms with Crippen molar-refractivity contribution in [1.82, 2.24) is 0 Å². The van der Waals surface area contributed by atoms with E-state index in [1.54, 1.807) is 0 Å². The lowest BCUT2D eigenvalue weighted by atomic mass is 9.51. The van der Waals surface area contributed by atoms with Crippen LogP contribution in [-0.4, -0.2) is 11.6 Å². The van der Waals surface area contributed by atoms with Gasteiger partial charge in [-0.3, -0.25) is 9.59 Å². The Kier molecular flexibility index (Phi) is 1.81. The van der Waals surface area contributed by atoms with E-state index in [2.05, 4.69) is 6.92 Å². The molecule has 0 N–H and O–H groups in total. The molecule has 0 heterocycles. The molecule has 0 aliphatic heterocycles. The van der Waals surface area contributed by atoms with E-state index in [9.17, 15) is 9.59 Å². The average molecular weight is 244 g/mol. The van der Waals surface area contributed by atoms with E-state index in [0.717, 1.165) is 38.5 Å². The predicted octanol–water partition coefficient (Wildman–Crippen LogP) is 3.21. The van der Waals surface area contributed by atoms with Crippen LogP contribution in [0.15, 0.2) is 11.6 Å². The van der Waals surface area contributed by atoms with Crippen molar-refractivity contribution in [3.8, 4) is 0 Å². The summed E-state index contributed by atoms with van der Waals surface area (Å²) in [6, 6.07) is 0. The Morgan fingerprint density at radius 1 is 1.06 bits per heavy atom. The molecule has 2 spiro atoms. The quantitative estimate of drug-likeness (QED) is 0.655. The van der Waals surface area contributed by atoms with Gasteiger partial charge in [-0.05, 0) is 50.0 Å². The van der Waals surface area contributed by atoms with Gasteiger partial charge in [0, 0.05) is 23.7 Å². The van der Waals surface area contributed by atoms with Crippen molar-refractivity contribution in [3.05, 3.63) is 11.6 Å². The van der Waals surface area contributed by atoms with Crippen molar-refractivity contribution in [1.29, 1.82) is 0 Å². The Labute approximate surface area is 108 Å². The molecule has 3 saturated carbocycles. The van der Waals surface area contributed by atoms with Gasteiger partial charge < -0.3 is 0 Å². The van der Waals surface area contributed by atoms with Crippen molar-refractivity contribution in [2.75, 3.05) is 0 Å². The van der Waals surface area contributed by atoms with Gasteiger partial charge in [0.25, 0.3) is 0 Å². The van der Waals surface area contributed by atoms with E-state index >= 15 is 0 Å². The number of Topliss-reactive ketones (excluding diaryl/α,β-unsaturated/α-hetero) is 1. The highest BCUT2D eigenvalue weighted by molar-refractivity contribution is 5.99. The first-order valence-electron chi connectivity index (χ1n) is 7.31. The highest BCUT2D eigenvalue weighted by atomic mass is 16.1. The van der Waals surface area contributed by atoms with Gasteiger partial charge >= 0.3 is 0 Å². The number of rotatable bonds is 0. The summed E-state index contributed by atoms with van der Waals surface area (Å²) < 4.78 is 0. The minimum absolute atomic E-state index is 0.0453. The standard InChI is InChI=1S/C16H20O2/c1-14-5-2-3-13(18)16(14)6-4-11-9-12(17)10-15(11,16)8-7-14/h9H,2-8,10H2,1H3/t14?,15?,16-/m0/s1. The zero-order valence-electron chi connectivity index (χ0n) is 11.1. The Morgan fingerprint density at radius 3 is 2.72 bits per heavy atom. The average Bonchev–Trinajstić information content (AvgIpc) is 2.85. The van der Waals surface area contributed by atoms with Crippen molar-refractivity contribution >= 4 is 11.6 Å². The van der Waals surface area contributed by atoms with Gasteiger partial charge in [-0.2, -0.15) is 0 Å². The molecule has 4 aliphatic carbocycles. The second-order valence-electron chi connectivity index (χ2n) is 7.14. The van der Waals surface area contributed by atoms with Crippen LogP contribution < -0.4 is 0 Å². The molecule has 2 nitrogen and oxygen atoms in total. The smallest absolute Gasteiger partial charge is 0.156 e. The molecule has 0 saturated heterocycles. The number of hydrogen-bond donors (Lipinski definition) is 0. The van der Waals surface area contributed by atoms with Crippen LogP contribution in [0.3, 0.4) is 0 Å². The normalized spacial score (nSPS) is 49.9. The van der Waals surface area contributed by atoms with E-state index in [-0.39, 0.29) is 22.0 Å². The van der Waals surface area contributed by atoms with Crippen molar-refractivity contribution in [2.24, 2.45) is 16.2 Å². The van der Waals surface area contributed by atoms with Gasteiger partial charge in [0.2, 0.25) is 0 Å². The van der Waals surface area contributed by atoms with Crippen LogP contribution in [0, 0.1) is 16.2 Å². The van der Waals surface area contributed by atoms with Gasteiger partial charge in [0.1, 0.15) is 5.78 Å². The van der Waals surface area contributed by atoms with Crippen molar-refractivity contribution in [3.63, 3.8) is 0 Å². The molecule has 0 aromatic rings. The predicted molar refractivity (Wildman–Crippen MR) is 68.0 cm³/mol. The van der Waals surface area contributed by atoms with E-state index in [1.165, 1.54) is 12.0 Å². The fourth-order valence-electron chi connectivity index (χ4n) is 6.07. The minimum atomic E-state index is -0.170. The second-order valence-corrected chi connectivity index (χ2v) is 7.14. The van der Waals surface area contributed by atoms with Gasteiger partial charge in [-0.15, -0.1) is 0 Å². The number of ketones is 2. The summed E-state index contributed by atoms with van der Waals surface area (Å²) in [5, 5.41) is 0. The third-order valence-electron chi connectivity index (χ3n) is 6.75. The molecule has 4 rings (SSSR count). The Morgan fingerprint density at radius 2 is 1.89 bits per heavy atom. The number of carbonyl (C=O) groups excluding carboxylic acids is 2. The Bertz CT molecular complexity index is 503. The van der Waals surface area contributed by atoms with Crippen LogP contribution in [0.4, 0.5) is 0 Å². The summed E-state index contributed by atoms with van der Waals surface area (Å²) in [6.07, 6.45) is 9.72. The third-order valence-corrected chi connectivity index (χ3v) is 6.75. The summed E-state index contributed by atoms with van der Waals surface area (Å²) >= 11 is 0. The minimum Gasteiger partial charge on any atom is -0.299 e. The van der Waals surface area contributed by atoms with Gasteiger partial charge in [-0.1, -0.05) is 12.5 Å². The fourth-order valence-corrected chi connectivity index (χ4v) is 6.07. The number of hydrogen-bond acceptors (Lipinski definition) is 2. The molecule has 0 aromatic heterocycles. The molecule has 2 heteroatoms. The maximum Gasteiger partial charge on any atom is 0.156 e. The largest absolute Gasteiger partial charge is 0.299 e. The lowest BCUT2D eigenvalue weighted by Crippen LogP contribution is -2.51. The highest BCUT2D eigenvalue weighted by Crippen LogP contribution is 2.77. The third kappa shape index (κ3) is 0.886. The van der Waals surface area contributed by atoms with Crippen LogP contribution in [-0.2, 0) is 9.59 Å². The molecule has 0 amide bonds. The zero-order chi connectivity index (χ0) is 12.6. The molecule has 96 valence electrons. The Hall–Kier alpha value is -0.920. The molecular weight excluding hydrogens is 224 g/mol. The van der Waals surface area contributed by atoms with Gasteiger partial charge in [0.05, 0.1) is 0 Å². The van der Waals surface area contributed by atoms with E-state index in [0.29, 0.717) is 12.2 Å². The van der Waals surface area contributed by atoms with Crippen LogP contribution in [0.25, 0.3) is 0 Å². The van der Waals surface area contributed by atoms with Crippen molar-refractivity contribution in [2.45, 2.75) is 58.3 Å². The highest BCUT2D eigenvalue weighted by Gasteiger charge is 2.73. The van der Waals surface area contributed by atoms with E-state index in [1.807, 2.05) is 6.08 Å². The fraction of sp³-hybridized carbons (Fsp3) is 0.750. The number of carbonyl (C=O) groups is 2. The van der Waals surface area contributed by atoms with Gasteiger partial charge in [0.15, 0.2) is 5.78 Å². The van der Waals surface area contributed by atoms with Crippen molar-refractivity contribution < 1.29 is 9.59 Å². The first kappa shape index (κ1) is 11.0. The van der Waals surface area contributed by atoms with E-state index in [4.69, 9.17) is 0 Å². The molecule has 0 aromatic carbocycles. The second kappa shape index (κ2) is 2.97. The monoisotopic (exact) mass is 244 g/mol. The summed E-state index contributed by atoms with van der Waals surface area (Å²) in [4.78, 5) is 24.7. The lowest BCUT2D eigenvalue weighted by Gasteiger charge is -2.50. The number of allylic oxidation sites excluding steroid dienone is 2. The molecule has 18 heavy (non-hydrogen) atoms. The van der Waals surface area contributed by atoms with Crippen LogP contribution in [0.5, 0.6) is 0 Å². The first-order chi connectivity index (χ1) is 8.54. The van der Waals surface area contributed by atoms with Crippen LogP contribution >= 0.6 is 0 Å². The molecule has 3 atom stereocenters. The Balaban J connectivity index is 1.96. The summed E-state index contributed by atoms with van der Waals surface area (Å²) in [7, 11) is 0. The molecule has 0 radical (unpaired) electrons. The maximum absolute atomic E-state index is 12.8. The molecule has 0 bridgehead atoms. The zero-order valence-corrected chi connectivity index (χ0v) is 11.1. The molecule has 2 unspecified atom stereocenters. The molecular formula is C16H20O2. The lowest BCUT2D eigenvalue weighted by molar-refractivity contribution is -0.146. The summed E-state index contributed by atoms with van der Waals surface area (Å²) in [5.74, 6) is 0.749. The summed E-state index contributed by atoms with van der Waals surface area (Å²) in [5.41, 5.74) is 1.28. The van der Waals surface area contributed by atoms with Gasteiger partial charge in [-0.25, -0.2) is 0 Å². The first-order valence-corrected chi connectivity index (χ1v) is 7.31. The maximum atomic E-state index is 12.8. The van der Waals surface area contributed by atoms with Crippen LogP contribution in [0.1, 0.15) is 58.3 Å². The summed E-state index contributed by atoms with van der Waals surface area (Å²) in [6.45, 7) is 2.32. The molecule has 4 aliphatic rings. The SMILES string of the molecule is CC12CCCC(=O)[C@@]13CCC1=CC(=O)CC13CC2. The topological polar surface area (TPSA) is 34.1 Å².